The highest BCUT2D eigenvalue weighted by Gasteiger charge is 2.19. The Hall–Kier alpha value is -2.41. The number of amidine groups is 1. The van der Waals surface area contributed by atoms with E-state index in [4.69, 9.17) is 0 Å². The Morgan fingerprint density at radius 2 is 2.22 bits per heavy atom. The summed E-state index contributed by atoms with van der Waals surface area (Å²) in [6, 6.07) is 1.97. The highest BCUT2D eigenvalue weighted by atomic mass is 16.5. The largest absolute Gasteiger partial charge is 0.346 e. The van der Waals surface area contributed by atoms with Crippen molar-refractivity contribution in [2.45, 2.75) is 38.6 Å². The average molecular weight is 312 g/mol. The lowest BCUT2D eigenvalue weighted by Crippen LogP contribution is -2.30. The fourth-order valence-electron chi connectivity index (χ4n) is 3.39. The number of nitrogens with zero attached hydrogens (tertiary/aromatic N) is 3. The molecule has 0 unspecified atom stereocenters. The SMILES string of the molecule is ONC(=NCc1nc2c(cnc3[nH]ccc32)[nH]1)C1CCCCC1. The van der Waals surface area contributed by atoms with Gasteiger partial charge in [-0.05, 0) is 18.9 Å². The Morgan fingerprint density at radius 3 is 3.04 bits per heavy atom. The summed E-state index contributed by atoms with van der Waals surface area (Å²) in [6.07, 6.45) is 9.49. The van der Waals surface area contributed by atoms with Gasteiger partial charge in [0.2, 0.25) is 0 Å². The molecule has 3 aromatic heterocycles. The molecule has 3 heterocycles. The maximum atomic E-state index is 9.38. The third-order valence-corrected chi connectivity index (χ3v) is 4.59. The summed E-state index contributed by atoms with van der Waals surface area (Å²) < 4.78 is 0. The molecule has 1 aliphatic rings. The molecular weight excluding hydrogens is 292 g/mol. The fraction of sp³-hybridized carbons (Fsp3) is 0.438. The normalized spacial score (nSPS) is 17.2. The van der Waals surface area contributed by atoms with E-state index < -0.39 is 0 Å². The lowest BCUT2D eigenvalue weighted by atomic mass is 9.88. The van der Waals surface area contributed by atoms with Crippen LogP contribution in [0.2, 0.25) is 0 Å². The molecule has 0 aliphatic heterocycles. The Balaban J connectivity index is 1.60. The Labute approximate surface area is 133 Å². The predicted octanol–water partition coefficient (Wildman–Crippen LogP) is 2.90. The van der Waals surface area contributed by atoms with Crippen LogP contribution < -0.4 is 5.48 Å². The molecule has 23 heavy (non-hydrogen) atoms. The number of aromatic amines is 2. The molecule has 3 aromatic rings. The van der Waals surface area contributed by atoms with E-state index in [1.165, 1.54) is 19.3 Å². The van der Waals surface area contributed by atoms with Crippen LogP contribution in [0.25, 0.3) is 22.1 Å². The summed E-state index contributed by atoms with van der Waals surface area (Å²) >= 11 is 0. The van der Waals surface area contributed by atoms with Gasteiger partial charge < -0.3 is 9.97 Å². The van der Waals surface area contributed by atoms with Crippen LogP contribution in [0, 0.1) is 5.92 Å². The predicted molar refractivity (Wildman–Crippen MR) is 88.4 cm³/mol. The maximum absolute atomic E-state index is 9.38. The van der Waals surface area contributed by atoms with Gasteiger partial charge in [0, 0.05) is 17.5 Å². The van der Waals surface area contributed by atoms with E-state index in [0.717, 1.165) is 40.7 Å². The van der Waals surface area contributed by atoms with Crippen molar-refractivity contribution >= 4 is 27.9 Å². The number of H-pyrrole nitrogens is 2. The fourth-order valence-corrected chi connectivity index (χ4v) is 3.39. The second kappa shape index (κ2) is 6.00. The summed E-state index contributed by atoms with van der Waals surface area (Å²) in [6.45, 7) is 0.417. The molecule has 7 nitrogen and oxygen atoms in total. The third-order valence-electron chi connectivity index (χ3n) is 4.59. The number of hydroxylamine groups is 1. The summed E-state index contributed by atoms with van der Waals surface area (Å²) in [7, 11) is 0. The van der Waals surface area contributed by atoms with E-state index in [0.29, 0.717) is 18.3 Å². The zero-order valence-corrected chi connectivity index (χ0v) is 12.8. The van der Waals surface area contributed by atoms with Crippen molar-refractivity contribution in [2.24, 2.45) is 10.9 Å². The van der Waals surface area contributed by atoms with Gasteiger partial charge in [-0.15, -0.1) is 0 Å². The molecule has 4 N–H and O–H groups in total. The number of fused-ring (bicyclic) bond motifs is 3. The van der Waals surface area contributed by atoms with Crippen molar-refractivity contribution in [2.75, 3.05) is 0 Å². The summed E-state index contributed by atoms with van der Waals surface area (Å²) in [5, 5.41) is 10.4. The Morgan fingerprint density at radius 1 is 1.35 bits per heavy atom. The van der Waals surface area contributed by atoms with Crippen LogP contribution in [0.4, 0.5) is 0 Å². The molecule has 4 rings (SSSR count). The molecular formula is C16H20N6O. The van der Waals surface area contributed by atoms with Gasteiger partial charge in [0.1, 0.15) is 22.8 Å². The quantitative estimate of drug-likeness (QED) is 0.339. The van der Waals surface area contributed by atoms with Crippen molar-refractivity contribution in [3.05, 3.63) is 24.3 Å². The van der Waals surface area contributed by atoms with E-state index in [1.807, 2.05) is 12.3 Å². The van der Waals surface area contributed by atoms with Gasteiger partial charge in [0.05, 0.1) is 18.3 Å². The lowest BCUT2D eigenvalue weighted by molar-refractivity contribution is 0.221. The van der Waals surface area contributed by atoms with Gasteiger partial charge in [0.15, 0.2) is 0 Å². The molecule has 1 saturated carbocycles. The second-order valence-corrected chi connectivity index (χ2v) is 6.09. The molecule has 1 fully saturated rings. The number of nitrogens with one attached hydrogen (secondary N) is 3. The monoisotopic (exact) mass is 312 g/mol. The van der Waals surface area contributed by atoms with Crippen LogP contribution in [0.15, 0.2) is 23.5 Å². The van der Waals surface area contributed by atoms with Crippen LogP contribution in [-0.2, 0) is 6.54 Å². The standard InChI is InChI=1S/C16H20N6O/c23-22-15(10-4-2-1-3-5-10)19-9-13-20-12-8-18-16-11(6-7-17-16)14(12)21-13/h6-8,10,23H,1-5,9H2,(H,17,18)(H,19,22)(H,20,21). The van der Waals surface area contributed by atoms with Crippen LogP contribution in [0.1, 0.15) is 37.9 Å². The first-order valence-corrected chi connectivity index (χ1v) is 8.10. The van der Waals surface area contributed by atoms with Crippen molar-refractivity contribution in [3.8, 4) is 0 Å². The molecule has 0 bridgehead atoms. The average Bonchev–Trinajstić information content (AvgIpc) is 3.22. The van der Waals surface area contributed by atoms with Crippen molar-refractivity contribution in [1.29, 1.82) is 0 Å². The molecule has 0 aromatic carbocycles. The molecule has 0 saturated heterocycles. The number of aliphatic imine (C=N–C) groups is 1. The van der Waals surface area contributed by atoms with E-state index in [1.54, 1.807) is 6.20 Å². The Kier molecular flexibility index (Phi) is 3.70. The summed E-state index contributed by atoms with van der Waals surface area (Å²) in [4.78, 5) is 19.9. The van der Waals surface area contributed by atoms with Crippen LogP contribution in [0.3, 0.4) is 0 Å². The zero-order valence-electron chi connectivity index (χ0n) is 12.8. The van der Waals surface area contributed by atoms with E-state index in [9.17, 15) is 5.21 Å². The zero-order chi connectivity index (χ0) is 15.6. The molecule has 7 heteroatoms. The van der Waals surface area contributed by atoms with Crippen LogP contribution >= 0.6 is 0 Å². The van der Waals surface area contributed by atoms with E-state index in [-0.39, 0.29) is 0 Å². The molecule has 0 spiro atoms. The number of hydrogen-bond acceptors (Lipinski definition) is 4. The topological polar surface area (TPSA) is 102 Å². The highest BCUT2D eigenvalue weighted by Crippen LogP contribution is 2.25. The molecule has 0 amide bonds. The van der Waals surface area contributed by atoms with E-state index in [2.05, 4.69) is 30.4 Å². The third kappa shape index (κ3) is 2.68. The molecule has 0 radical (unpaired) electrons. The molecule has 0 atom stereocenters. The molecule has 120 valence electrons. The minimum atomic E-state index is 0.330. The first kappa shape index (κ1) is 14.2. The summed E-state index contributed by atoms with van der Waals surface area (Å²) in [5.41, 5.74) is 4.93. The number of imidazole rings is 1. The van der Waals surface area contributed by atoms with Gasteiger partial charge in [0.25, 0.3) is 0 Å². The summed E-state index contributed by atoms with van der Waals surface area (Å²) in [5.74, 6) is 1.78. The second-order valence-electron chi connectivity index (χ2n) is 6.09. The van der Waals surface area contributed by atoms with Gasteiger partial charge in [-0.3, -0.25) is 15.7 Å². The number of hydrogen-bond donors (Lipinski definition) is 4. The first-order valence-electron chi connectivity index (χ1n) is 8.10. The van der Waals surface area contributed by atoms with Gasteiger partial charge in [-0.2, -0.15) is 0 Å². The number of aromatic nitrogens is 4. The minimum Gasteiger partial charge on any atom is -0.346 e. The smallest absolute Gasteiger partial charge is 0.139 e. The first-order chi connectivity index (χ1) is 11.3. The number of rotatable bonds is 3. The van der Waals surface area contributed by atoms with Crippen LogP contribution in [-0.4, -0.2) is 31.0 Å². The maximum Gasteiger partial charge on any atom is 0.139 e. The van der Waals surface area contributed by atoms with Crippen molar-refractivity contribution in [3.63, 3.8) is 0 Å². The van der Waals surface area contributed by atoms with Gasteiger partial charge in [-0.25, -0.2) is 9.97 Å². The highest BCUT2D eigenvalue weighted by molar-refractivity contribution is 6.00. The number of pyridine rings is 1. The van der Waals surface area contributed by atoms with Crippen LogP contribution in [0.5, 0.6) is 0 Å². The lowest BCUT2D eigenvalue weighted by Gasteiger charge is -2.22. The Bertz CT molecular complexity index is 843. The van der Waals surface area contributed by atoms with Gasteiger partial charge >= 0.3 is 0 Å². The minimum absolute atomic E-state index is 0.330. The molecule has 1 aliphatic carbocycles. The van der Waals surface area contributed by atoms with Gasteiger partial charge in [-0.1, -0.05) is 19.3 Å². The van der Waals surface area contributed by atoms with E-state index >= 15 is 0 Å². The van der Waals surface area contributed by atoms with Crippen molar-refractivity contribution < 1.29 is 5.21 Å². The van der Waals surface area contributed by atoms with Crippen molar-refractivity contribution in [1.82, 2.24) is 25.4 Å².